The van der Waals surface area contributed by atoms with Crippen molar-refractivity contribution in [2.75, 3.05) is 19.4 Å². The maximum absolute atomic E-state index is 13.0. The van der Waals surface area contributed by atoms with Crippen molar-refractivity contribution in [3.63, 3.8) is 0 Å². The second kappa shape index (κ2) is 6.93. The Morgan fingerprint density at radius 3 is 2.22 bits per heavy atom. The molecule has 0 aliphatic heterocycles. The molecular formula is C20H23ClN2O3S. The molecule has 0 radical (unpaired) electrons. The highest BCUT2D eigenvalue weighted by Crippen LogP contribution is 2.49. The van der Waals surface area contributed by atoms with Crippen molar-refractivity contribution in [2.45, 2.75) is 37.0 Å². The van der Waals surface area contributed by atoms with E-state index in [0.717, 1.165) is 29.5 Å². The van der Waals surface area contributed by atoms with E-state index in [1.54, 1.807) is 18.2 Å². The second-order valence-electron chi connectivity index (χ2n) is 7.24. The molecule has 1 aliphatic rings. The van der Waals surface area contributed by atoms with Crippen molar-refractivity contribution in [1.29, 1.82) is 0 Å². The van der Waals surface area contributed by atoms with Gasteiger partial charge >= 0.3 is 0 Å². The molecule has 3 rings (SSSR count). The summed E-state index contributed by atoms with van der Waals surface area (Å²) >= 11 is 5.95. The lowest BCUT2D eigenvalue weighted by atomic mass is 9.94. The number of amides is 1. The molecule has 2 aromatic carbocycles. The number of benzene rings is 2. The Kier molecular flexibility index (Phi) is 5.10. The minimum atomic E-state index is -3.58. The number of nitrogens with one attached hydrogen (secondary N) is 1. The maximum Gasteiger partial charge on any atom is 0.242 e. The van der Waals surface area contributed by atoms with Gasteiger partial charge in [0.05, 0.1) is 10.3 Å². The molecule has 0 saturated heterocycles. The van der Waals surface area contributed by atoms with Crippen molar-refractivity contribution in [1.82, 2.24) is 4.31 Å². The van der Waals surface area contributed by atoms with E-state index >= 15 is 0 Å². The van der Waals surface area contributed by atoms with Crippen molar-refractivity contribution < 1.29 is 13.2 Å². The number of anilines is 1. The number of halogens is 1. The van der Waals surface area contributed by atoms with Crippen LogP contribution in [0.5, 0.6) is 0 Å². The zero-order valence-corrected chi connectivity index (χ0v) is 17.4. The highest BCUT2D eigenvalue weighted by atomic mass is 35.5. The summed E-state index contributed by atoms with van der Waals surface area (Å²) in [7, 11) is -0.607. The van der Waals surface area contributed by atoms with Crippen LogP contribution in [0.3, 0.4) is 0 Å². The standard InChI is InChI=1S/C20H23ClN2O3S/c1-13-11-17(27(25,26)23(3)4)12-18(14(13)2)22-19(24)20(9-10-20)15-5-7-16(21)8-6-15/h5-8,11-12H,9-10H2,1-4H3,(H,22,24). The summed E-state index contributed by atoms with van der Waals surface area (Å²) < 4.78 is 26.2. The average molecular weight is 407 g/mol. The zero-order valence-electron chi connectivity index (χ0n) is 15.8. The molecule has 5 nitrogen and oxygen atoms in total. The normalized spacial score (nSPS) is 15.6. The van der Waals surface area contributed by atoms with E-state index in [9.17, 15) is 13.2 Å². The SMILES string of the molecule is Cc1cc(S(=O)(=O)N(C)C)cc(NC(=O)C2(c3ccc(Cl)cc3)CC2)c1C. The van der Waals surface area contributed by atoms with Gasteiger partial charge < -0.3 is 5.32 Å². The van der Waals surface area contributed by atoms with Crippen LogP contribution in [0.15, 0.2) is 41.3 Å². The van der Waals surface area contributed by atoms with Crippen molar-refractivity contribution in [3.8, 4) is 0 Å². The fourth-order valence-corrected chi connectivity index (χ4v) is 4.24. The van der Waals surface area contributed by atoms with Gasteiger partial charge in [-0.3, -0.25) is 4.79 Å². The molecule has 1 N–H and O–H groups in total. The van der Waals surface area contributed by atoms with Crippen LogP contribution < -0.4 is 5.32 Å². The molecular weight excluding hydrogens is 384 g/mol. The first-order chi connectivity index (χ1) is 12.6. The predicted octanol–water partition coefficient (Wildman–Crippen LogP) is 3.88. The third-order valence-electron chi connectivity index (χ3n) is 5.25. The van der Waals surface area contributed by atoms with Gasteiger partial charge in [0, 0.05) is 24.8 Å². The van der Waals surface area contributed by atoms with E-state index in [-0.39, 0.29) is 10.8 Å². The Morgan fingerprint density at radius 2 is 1.70 bits per heavy atom. The number of aryl methyl sites for hydroxylation is 1. The zero-order chi connectivity index (χ0) is 20.0. The third-order valence-corrected chi connectivity index (χ3v) is 7.29. The lowest BCUT2D eigenvalue weighted by molar-refractivity contribution is -0.118. The molecule has 0 atom stereocenters. The molecule has 144 valence electrons. The fourth-order valence-electron chi connectivity index (χ4n) is 3.10. The van der Waals surface area contributed by atoms with Crippen LogP contribution in [0.1, 0.15) is 29.5 Å². The summed E-state index contributed by atoms with van der Waals surface area (Å²) in [6.45, 7) is 3.71. The summed E-state index contributed by atoms with van der Waals surface area (Å²) in [5, 5.41) is 3.59. The Bertz CT molecular complexity index is 995. The van der Waals surface area contributed by atoms with Crippen molar-refractivity contribution >= 4 is 33.2 Å². The number of carbonyl (C=O) groups excluding carboxylic acids is 1. The van der Waals surface area contributed by atoms with Gasteiger partial charge in [0.1, 0.15) is 0 Å². The number of sulfonamides is 1. The summed E-state index contributed by atoms with van der Waals surface area (Å²) in [4.78, 5) is 13.2. The number of carbonyl (C=O) groups is 1. The topological polar surface area (TPSA) is 66.5 Å². The molecule has 0 unspecified atom stereocenters. The predicted molar refractivity (Wildman–Crippen MR) is 108 cm³/mol. The van der Waals surface area contributed by atoms with Gasteiger partial charge in [0.15, 0.2) is 0 Å². The quantitative estimate of drug-likeness (QED) is 0.819. The largest absolute Gasteiger partial charge is 0.325 e. The molecule has 0 spiro atoms. The summed E-state index contributed by atoms with van der Waals surface area (Å²) in [5.74, 6) is -0.119. The molecule has 1 amide bonds. The number of rotatable bonds is 5. The average Bonchev–Trinajstić information content (AvgIpc) is 3.41. The van der Waals surface area contributed by atoms with Crippen LogP contribution in [0.2, 0.25) is 5.02 Å². The van der Waals surface area contributed by atoms with Crippen molar-refractivity contribution in [2.24, 2.45) is 0 Å². The molecule has 27 heavy (non-hydrogen) atoms. The van der Waals surface area contributed by atoms with E-state index in [1.165, 1.54) is 24.5 Å². The Labute approximate surface area is 165 Å². The highest BCUT2D eigenvalue weighted by Gasteiger charge is 2.51. The van der Waals surface area contributed by atoms with Crippen LogP contribution in [-0.4, -0.2) is 32.7 Å². The first-order valence-electron chi connectivity index (χ1n) is 8.69. The van der Waals surface area contributed by atoms with Gasteiger partial charge in [0.2, 0.25) is 15.9 Å². The molecule has 1 saturated carbocycles. The highest BCUT2D eigenvalue weighted by molar-refractivity contribution is 7.89. The van der Waals surface area contributed by atoms with Crippen LogP contribution >= 0.6 is 11.6 Å². The van der Waals surface area contributed by atoms with E-state index in [1.807, 2.05) is 26.0 Å². The van der Waals surface area contributed by atoms with Gasteiger partial charge in [-0.1, -0.05) is 23.7 Å². The Morgan fingerprint density at radius 1 is 1.11 bits per heavy atom. The van der Waals surface area contributed by atoms with Gasteiger partial charge in [-0.25, -0.2) is 12.7 Å². The molecule has 7 heteroatoms. The van der Waals surface area contributed by atoms with E-state index in [4.69, 9.17) is 11.6 Å². The molecule has 0 bridgehead atoms. The molecule has 1 fully saturated rings. The smallest absolute Gasteiger partial charge is 0.242 e. The van der Waals surface area contributed by atoms with E-state index in [2.05, 4.69) is 5.32 Å². The number of nitrogens with zero attached hydrogens (tertiary/aromatic N) is 1. The second-order valence-corrected chi connectivity index (χ2v) is 9.83. The minimum Gasteiger partial charge on any atom is -0.325 e. The van der Waals surface area contributed by atoms with Gasteiger partial charge in [-0.2, -0.15) is 0 Å². The molecule has 0 aromatic heterocycles. The first kappa shape index (κ1) is 19.9. The van der Waals surface area contributed by atoms with E-state index in [0.29, 0.717) is 10.7 Å². The maximum atomic E-state index is 13.0. The third kappa shape index (κ3) is 3.61. The fraction of sp³-hybridized carbons (Fsp3) is 0.350. The summed E-state index contributed by atoms with van der Waals surface area (Å²) in [6, 6.07) is 10.5. The lowest BCUT2D eigenvalue weighted by Crippen LogP contribution is -2.28. The van der Waals surface area contributed by atoms with E-state index < -0.39 is 15.4 Å². The van der Waals surface area contributed by atoms with Crippen LogP contribution in [0.25, 0.3) is 0 Å². The molecule has 1 aliphatic carbocycles. The monoisotopic (exact) mass is 406 g/mol. The van der Waals surface area contributed by atoms with Crippen LogP contribution in [0.4, 0.5) is 5.69 Å². The Balaban J connectivity index is 1.95. The van der Waals surface area contributed by atoms with Gasteiger partial charge in [-0.15, -0.1) is 0 Å². The van der Waals surface area contributed by atoms with Gasteiger partial charge in [-0.05, 0) is 67.6 Å². The van der Waals surface area contributed by atoms with Gasteiger partial charge in [0.25, 0.3) is 0 Å². The van der Waals surface area contributed by atoms with Crippen molar-refractivity contribution in [3.05, 3.63) is 58.1 Å². The van der Waals surface area contributed by atoms with Crippen LogP contribution in [-0.2, 0) is 20.2 Å². The Hall–Kier alpha value is -1.89. The summed E-state index contributed by atoms with van der Waals surface area (Å²) in [6.07, 6.45) is 1.52. The minimum absolute atomic E-state index is 0.119. The molecule has 0 heterocycles. The number of hydrogen-bond donors (Lipinski definition) is 1. The lowest BCUT2D eigenvalue weighted by Gasteiger charge is -2.19. The number of hydrogen-bond acceptors (Lipinski definition) is 3. The first-order valence-corrected chi connectivity index (χ1v) is 10.5. The molecule has 2 aromatic rings. The van der Waals surface area contributed by atoms with Crippen LogP contribution in [0, 0.1) is 13.8 Å². The summed E-state index contributed by atoms with van der Waals surface area (Å²) in [5.41, 5.74) is 2.55.